The summed E-state index contributed by atoms with van der Waals surface area (Å²) in [4.78, 5) is 0. The van der Waals surface area contributed by atoms with E-state index in [9.17, 15) is 0 Å². The molecule has 0 amide bonds. The van der Waals surface area contributed by atoms with Gasteiger partial charge >= 0.3 is 0 Å². The Balaban J connectivity index is 2.26. The fourth-order valence-corrected chi connectivity index (χ4v) is 2.12. The largest absolute Gasteiger partial charge is 0.378 e. The highest BCUT2D eigenvalue weighted by Crippen LogP contribution is 2.35. The van der Waals surface area contributed by atoms with E-state index in [0.717, 1.165) is 13.0 Å². The van der Waals surface area contributed by atoms with Gasteiger partial charge < -0.3 is 4.74 Å². The van der Waals surface area contributed by atoms with Gasteiger partial charge in [-0.1, -0.05) is 37.3 Å². The maximum absolute atomic E-state index is 5.62. The minimum atomic E-state index is 0.237. The molecule has 13 heavy (non-hydrogen) atoms. The van der Waals surface area contributed by atoms with Crippen molar-refractivity contribution in [2.24, 2.45) is 0 Å². The van der Waals surface area contributed by atoms with E-state index in [0.29, 0.717) is 6.10 Å². The first-order valence-corrected chi connectivity index (χ1v) is 4.88. The van der Waals surface area contributed by atoms with Gasteiger partial charge in [-0.3, -0.25) is 0 Å². The predicted molar refractivity (Wildman–Crippen MR) is 53.8 cm³/mol. The van der Waals surface area contributed by atoms with E-state index in [1.165, 1.54) is 5.56 Å². The smallest absolute Gasteiger partial charge is 0.0564 e. The lowest BCUT2D eigenvalue weighted by molar-refractivity contribution is 0.118. The summed E-state index contributed by atoms with van der Waals surface area (Å²) in [5, 5.41) is 0. The van der Waals surface area contributed by atoms with Crippen LogP contribution < -0.4 is 0 Å². The van der Waals surface area contributed by atoms with E-state index >= 15 is 0 Å². The predicted octanol–water partition coefficient (Wildman–Crippen LogP) is 2.75. The molecule has 0 bridgehead atoms. The first-order valence-electron chi connectivity index (χ1n) is 4.88. The zero-order valence-corrected chi connectivity index (χ0v) is 8.29. The molecule has 0 radical (unpaired) electrons. The Morgan fingerprint density at radius 3 is 2.54 bits per heavy atom. The fourth-order valence-electron chi connectivity index (χ4n) is 2.12. The minimum absolute atomic E-state index is 0.237. The van der Waals surface area contributed by atoms with Gasteiger partial charge in [0.2, 0.25) is 0 Å². The Bertz CT molecular complexity index is 280. The van der Waals surface area contributed by atoms with Crippen LogP contribution in [0.1, 0.15) is 25.8 Å². The molecule has 0 spiro atoms. The third-order valence-corrected chi connectivity index (χ3v) is 2.90. The lowest BCUT2D eigenvalue weighted by atomic mass is 9.81. The monoisotopic (exact) mass is 176 g/mol. The second-order valence-electron chi connectivity index (χ2n) is 4.25. The van der Waals surface area contributed by atoms with Crippen molar-refractivity contribution in [3.05, 3.63) is 35.9 Å². The molecule has 2 unspecified atom stereocenters. The van der Waals surface area contributed by atoms with Crippen molar-refractivity contribution in [3.63, 3.8) is 0 Å². The number of benzene rings is 1. The molecule has 0 N–H and O–H groups in total. The zero-order valence-electron chi connectivity index (χ0n) is 8.29. The van der Waals surface area contributed by atoms with Crippen LogP contribution in [0.2, 0.25) is 0 Å². The highest BCUT2D eigenvalue weighted by Gasteiger charge is 2.35. The van der Waals surface area contributed by atoms with Crippen LogP contribution >= 0.6 is 0 Å². The minimum Gasteiger partial charge on any atom is -0.378 e. The van der Waals surface area contributed by atoms with Crippen molar-refractivity contribution >= 4 is 0 Å². The molecule has 0 saturated carbocycles. The van der Waals surface area contributed by atoms with Gasteiger partial charge in [0.05, 0.1) is 12.7 Å². The van der Waals surface area contributed by atoms with E-state index in [1.807, 2.05) is 0 Å². The first-order chi connectivity index (χ1) is 6.21. The van der Waals surface area contributed by atoms with E-state index in [-0.39, 0.29) is 5.41 Å². The summed E-state index contributed by atoms with van der Waals surface area (Å²) in [6.07, 6.45) is 1.54. The second-order valence-corrected chi connectivity index (χ2v) is 4.25. The average Bonchev–Trinajstić information content (AvgIpc) is 2.49. The quantitative estimate of drug-likeness (QED) is 0.639. The number of ether oxygens (including phenoxy) is 1. The second kappa shape index (κ2) is 3.15. The van der Waals surface area contributed by atoms with Crippen molar-refractivity contribution < 1.29 is 4.74 Å². The van der Waals surface area contributed by atoms with Gasteiger partial charge in [-0.05, 0) is 18.9 Å². The molecule has 1 aliphatic rings. The summed E-state index contributed by atoms with van der Waals surface area (Å²) in [7, 11) is 0. The van der Waals surface area contributed by atoms with Gasteiger partial charge in [0.15, 0.2) is 0 Å². The van der Waals surface area contributed by atoms with Gasteiger partial charge in [-0.15, -0.1) is 0 Å². The first kappa shape index (κ1) is 8.76. The highest BCUT2D eigenvalue weighted by molar-refractivity contribution is 5.25. The molecular weight excluding hydrogens is 160 g/mol. The summed E-state index contributed by atoms with van der Waals surface area (Å²) in [6, 6.07) is 10.7. The Labute approximate surface area is 79.7 Å². The number of hydrogen-bond acceptors (Lipinski definition) is 1. The standard InChI is InChI=1S/C12H16O/c1-10-8-12(2,9-13-10)11-6-4-3-5-7-11/h3-7,10H,8-9H2,1-2H3. The summed E-state index contributed by atoms with van der Waals surface area (Å²) in [6.45, 7) is 5.29. The van der Waals surface area contributed by atoms with Crippen LogP contribution in [0.3, 0.4) is 0 Å². The van der Waals surface area contributed by atoms with Crippen molar-refractivity contribution in [2.45, 2.75) is 31.8 Å². The maximum Gasteiger partial charge on any atom is 0.0564 e. The molecule has 1 saturated heterocycles. The molecule has 0 aromatic heterocycles. The molecule has 2 rings (SSSR count). The van der Waals surface area contributed by atoms with E-state index in [4.69, 9.17) is 4.74 Å². The molecule has 1 heteroatoms. The third kappa shape index (κ3) is 1.61. The topological polar surface area (TPSA) is 9.23 Å². The van der Waals surface area contributed by atoms with E-state index in [2.05, 4.69) is 44.2 Å². The lowest BCUT2D eigenvalue weighted by Gasteiger charge is -2.22. The Kier molecular flexibility index (Phi) is 2.12. The van der Waals surface area contributed by atoms with E-state index in [1.54, 1.807) is 0 Å². The van der Waals surface area contributed by atoms with Crippen LogP contribution in [0, 0.1) is 0 Å². The Morgan fingerprint density at radius 2 is 2.00 bits per heavy atom. The fraction of sp³-hybridized carbons (Fsp3) is 0.500. The lowest BCUT2D eigenvalue weighted by Crippen LogP contribution is -2.21. The van der Waals surface area contributed by atoms with Crippen LogP contribution in [0.15, 0.2) is 30.3 Å². The molecule has 0 aliphatic carbocycles. The molecule has 2 atom stereocenters. The van der Waals surface area contributed by atoms with E-state index < -0.39 is 0 Å². The molecule has 1 aliphatic heterocycles. The highest BCUT2D eigenvalue weighted by atomic mass is 16.5. The van der Waals surface area contributed by atoms with Gasteiger partial charge in [0.25, 0.3) is 0 Å². The van der Waals surface area contributed by atoms with Crippen LogP contribution in [0.4, 0.5) is 0 Å². The van der Waals surface area contributed by atoms with Crippen LogP contribution in [0.5, 0.6) is 0 Å². The summed E-state index contributed by atoms with van der Waals surface area (Å²) < 4.78 is 5.62. The normalized spacial score (nSPS) is 33.5. The molecule has 1 heterocycles. The molecule has 1 fully saturated rings. The third-order valence-electron chi connectivity index (χ3n) is 2.90. The van der Waals surface area contributed by atoms with Gasteiger partial charge in [0.1, 0.15) is 0 Å². The van der Waals surface area contributed by atoms with Crippen LogP contribution in [-0.2, 0) is 10.2 Å². The average molecular weight is 176 g/mol. The molecule has 1 aromatic carbocycles. The zero-order chi connectivity index (χ0) is 9.31. The van der Waals surface area contributed by atoms with Gasteiger partial charge in [-0.25, -0.2) is 0 Å². The molecule has 70 valence electrons. The summed E-state index contributed by atoms with van der Waals surface area (Å²) in [5.74, 6) is 0. The maximum atomic E-state index is 5.62. The van der Waals surface area contributed by atoms with Gasteiger partial charge in [0, 0.05) is 5.41 Å². The van der Waals surface area contributed by atoms with Crippen molar-refractivity contribution in [2.75, 3.05) is 6.61 Å². The van der Waals surface area contributed by atoms with Gasteiger partial charge in [-0.2, -0.15) is 0 Å². The molecule has 1 nitrogen and oxygen atoms in total. The molecular formula is C12H16O. The van der Waals surface area contributed by atoms with Crippen molar-refractivity contribution in [3.8, 4) is 0 Å². The van der Waals surface area contributed by atoms with Crippen molar-refractivity contribution in [1.82, 2.24) is 0 Å². The Hall–Kier alpha value is -0.820. The van der Waals surface area contributed by atoms with Crippen molar-refractivity contribution in [1.29, 1.82) is 0 Å². The SMILES string of the molecule is CC1CC(C)(c2ccccc2)CO1. The summed E-state index contributed by atoms with van der Waals surface area (Å²) >= 11 is 0. The Morgan fingerprint density at radius 1 is 1.31 bits per heavy atom. The number of rotatable bonds is 1. The summed E-state index contributed by atoms with van der Waals surface area (Å²) in [5.41, 5.74) is 1.64. The number of hydrogen-bond donors (Lipinski definition) is 0. The molecule has 1 aromatic rings. The van der Waals surface area contributed by atoms with Crippen LogP contribution in [0.25, 0.3) is 0 Å². The van der Waals surface area contributed by atoms with Crippen LogP contribution in [-0.4, -0.2) is 12.7 Å².